The Morgan fingerprint density at radius 1 is 1.28 bits per heavy atom. The molecule has 150 valence electrons. The highest BCUT2D eigenvalue weighted by Gasteiger charge is 2.48. The number of amides is 1. The zero-order valence-electron chi connectivity index (χ0n) is 16.2. The summed E-state index contributed by atoms with van der Waals surface area (Å²) in [6.45, 7) is 2.76. The van der Waals surface area contributed by atoms with Crippen LogP contribution in [0.4, 0.5) is 5.82 Å². The van der Waals surface area contributed by atoms with Gasteiger partial charge in [-0.3, -0.25) is 9.48 Å². The lowest BCUT2D eigenvalue weighted by Gasteiger charge is -2.45. The SMILES string of the molecule is NC(=O)c1c(-c2cnn(Cc3ccccc3)c2)nn([C@H]2C[C@@]3(CCNC3)C2)c1N. The van der Waals surface area contributed by atoms with Crippen molar-refractivity contribution >= 4 is 11.7 Å². The van der Waals surface area contributed by atoms with E-state index in [4.69, 9.17) is 16.6 Å². The fourth-order valence-corrected chi connectivity index (χ4v) is 4.77. The summed E-state index contributed by atoms with van der Waals surface area (Å²) in [4.78, 5) is 12.2. The van der Waals surface area contributed by atoms with E-state index in [2.05, 4.69) is 10.4 Å². The maximum absolute atomic E-state index is 12.2. The first kappa shape index (κ1) is 17.9. The van der Waals surface area contributed by atoms with Gasteiger partial charge in [-0.05, 0) is 36.8 Å². The number of carbonyl (C=O) groups is 1. The van der Waals surface area contributed by atoms with Gasteiger partial charge in [-0.25, -0.2) is 4.68 Å². The van der Waals surface area contributed by atoms with Crippen molar-refractivity contribution in [2.75, 3.05) is 18.8 Å². The number of anilines is 1. The second-order valence-electron chi connectivity index (χ2n) is 8.32. The van der Waals surface area contributed by atoms with Crippen LogP contribution in [-0.4, -0.2) is 38.6 Å². The van der Waals surface area contributed by atoms with Crippen LogP contribution in [0.15, 0.2) is 42.7 Å². The molecule has 0 unspecified atom stereocenters. The van der Waals surface area contributed by atoms with Crippen molar-refractivity contribution in [1.29, 1.82) is 0 Å². The highest BCUT2D eigenvalue weighted by atomic mass is 16.1. The van der Waals surface area contributed by atoms with E-state index in [0.29, 0.717) is 23.5 Å². The van der Waals surface area contributed by atoms with Crippen molar-refractivity contribution in [3.63, 3.8) is 0 Å². The summed E-state index contributed by atoms with van der Waals surface area (Å²) in [7, 11) is 0. The van der Waals surface area contributed by atoms with E-state index in [9.17, 15) is 4.79 Å². The number of aromatic nitrogens is 4. The van der Waals surface area contributed by atoms with E-state index in [-0.39, 0.29) is 11.6 Å². The highest BCUT2D eigenvalue weighted by Crippen LogP contribution is 2.53. The number of rotatable bonds is 5. The summed E-state index contributed by atoms with van der Waals surface area (Å²) in [6.07, 6.45) is 6.83. The Morgan fingerprint density at radius 3 is 2.76 bits per heavy atom. The zero-order valence-corrected chi connectivity index (χ0v) is 16.2. The van der Waals surface area contributed by atoms with Crippen LogP contribution < -0.4 is 16.8 Å². The molecule has 2 aliphatic rings. The van der Waals surface area contributed by atoms with E-state index in [1.54, 1.807) is 10.9 Å². The van der Waals surface area contributed by atoms with Crippen molar-refractivity contribution in [1.82, 2.24) is 24.9 Å². The molecule has 1 aliphatic heterocycles. The van der Waals surface area contributed by atoms with Crippen LogP contribution in [0.25, 0.3) is 11.3 Å². The fourth-order valence-electron chi connectivity index (χ4n) is 4.77. The Labute approximate surface area is 168 Å². The van der Waals surface area contributed by atoms with E-state index < -0.39 is 5.91 Å². The summed E-state index contributed by atoms with van der Waals surface area (Å²) >= 11 is 0. The number of hydrogen-bond donors (Lipinski definition) is 3. The number of benzene rings is 1. The minimum atomic E-state index is -0.559. The zero-order chi connectivity index (χ0) is 20.0. The molecule has 1 aliphatic carbocycles. The van der Waals surface area contributed by atoms with Crippen molar-refractivity contribution < 1.29 is 4.79 Å². The average molecular weight is 391 g/mol. The summed E-state index contributed by atoms with van der Waals surface area (Å²) in [5.74, 6) is -0.203. The Balaban J connectivity index is 1.43. The number of hydrogen-bond acceptors (Lipinski definition) is 5. The van der Waals surface area contributed by atoms with Crippen LogP contribution in [-0.2, 0) is 6.54 Å². The molecule has 0 bridgehead atoms. The summed E-state index contributed by atoms with van der Waals surface area (Å²) in [6, 6.07) is 10.3. The Morgan fingerprint density at radius 2 is 2.07 bits per heavy atom. The number of nitrogens with two attached hydrogens (primary N) is 2. The monoisotopic (exact) mass is 391 g/mol. The third-order valence-electron chi connectivity index (χ3n) is 6.30. The molecule has 1 aromatic carbocycles. The largest absolute Gasteiger partial charge is 0.383 e. The molecule has 29 heavy (non-hydrogen) atoms. The Bertz CT molecular complexity index is 1040. The number of nitrogen functional groups attached to an aromatic ring is 1. The average Bonchev–Trinajstić information content (AvgIpc) is 3.39. The molecule has 8 heteroatoms. The molecule has 1 spiro atoms. The molecule has 1 amide bonds. The molecule has 2 fully saturated rings. The van der Waals surface area contributed by atoms with Crippen LogP contribution in [0.1, 0.15) is 41.2 Å². The van der Waals surface area contributed by atoms with Gasteiger partial charge in [0, 0.05) is 18.3 Å². The molecule has 8 nitrogen and oxygen atoms in total. The third-order valence-corrected chi connectivity index (χ3v) is 6.30. The van der Waals surface area contributed by atoms with Crippen molar-refractivity contribution in [2.45, 2.75) is 31.8 Å². The van der Waals surface area contributed by atoms with Gasteiger partial charge in [0.15, 0.2) is 0 Å². The van der Waals surface area contributed by atoms with Gasteiger partial charge in [-0.15, -0.1) is 0 Å². The Kier molecular flexibility index (Phi) is 4.16. The molecular formula is C21H25N7O. The van der Waals surface area contributed by atoms with Crippen LogP contribution in [0.2, 0.25) is 0 Å². The van der Waals surface area contributed by atoms with E-state index >= 15 is 0 Å². The van der Waals surface area contributed by atoms with E-state index in [1.165, 1.54) is 6.42 Å². The first-order valence-electron chi connectivity index (χ1n) is 10.00. The first-order valence-corrected chi connectivity index (χ1v) is 10.00. The van der Waals surface area contributed by atoms with Crippen molar-refractivity contribution in [3.05, 3.63) is 53.9 Å². The van der Waals surface area contributed by atoms with Gasteiger partial charge in [0.25, 0.3) is 5.91 Å². The van der Waals surface area contributed by atoms with Gasteiger partial charge in [0.1, 0.15) is 17.1 Å². The second kappa shape index (κ2) is 6.73. The molecule has 3 aromatic rings. The molecule has 2 aromatic heterocycles. The number of primary amides is 1. The van der Waals surface area contributed by atoms with Crippen LogP contribution in [0, 0.1) is 5.41 Å². The topological polar surface area (TPSA) is 117 Å². The van der Waals surface area contributed by atoms with Crippen molar-refractivity contribution in [3.8, 4) is 11.3 Å². The standard InChI is InChI=1S/C21H25N7O/c22-19-17(20(23)29)18(26-28(19)16-8-21(9-16)6-7-24-13-21)15-10-25-27(12-15)11-14-4-2-1-3-5-14/h1-5,10,12,16,24H,6-9,11,13,22H2,(H2,23,29)/t16-,21-. The first-order chi connectivity index (χ1) is 14.0. The summed E-state index contributed by atoms with van der Waals surface area (Å²) < 4.78 is 3.63. The quantitative estimate of drug-likeness (QED) is 0.613. The van der Waals surface area contributed by atoms with Gasteiger partial charge < -0.3 is 16.8 Å². The van der Waals surface area contributed by atoms with Gasteiger partial charge in [0.05, 0.1) is 18.8 Å². The number of carbonyl (C=O) groups excluding carboxylic acids is 1. The van der Waals surface area contributed by atoms with Crippen molar-refractivity contribution in [2.24, 2.45) is 11.1 Å². The van der Waals surface area contributed by atoms with Crippen LogP contribution >= 0.6 is 0 Å². The lowest BCUT2D eigenvalue weighted by molar-refractivity contribution is 0.0774. The fraction of sp³-hybridized carbons (Fsp3) is 0.381. The molecule has 0 radical (unpaired) electrons. The smallest absolute Gasteiger partial charge is 0.254 e. The predicted octanol–water partition coefficient (Wildman–Crippen LogP) is 1.79. The predicted molar refractivity (Wildman–Crippen MR) is 110 cm³/mol. The maximum atomic E-state index is 12.2. The number of nitrogens with one attached hydrogen (secondary N) is 1. The lowest BCUT2D eigenvalue weighted by atomic mass is 9.65. The molecule has 1 saturated heterocycles. The summed E-state index contributed by atoms with van der Waals surface area (Å²) in [5, 5.41) is 12.6. The van der Waals surface area contributed by atoms with Gasteiger partial charge in [-0.2, -0.15) is 10.2 Å². The normalized spacial score (nSPS) is 23.4. The number of nitrogens with zero attached hydrogens (tertiary/aromatic N) is 4. The minimum absolute atomic E-state index is 0.209. The lowest BCUT2D eigenvalue weighted by Crippen LogP contribution is -2.40. The maximum Gasteiger partial charge on any atom is 0.254 e. The van der Waals surface area contributed by atoms with Crippen LogP contribution in [0.5, 0.6) is 0 Å². The molecular weight excluding hydrogens is 366 g/mol. The minimum Gasteiger partial charge on any atom is -0.383 e. The Hall–Kier alpha value is -3.13. The molecule has 1 saturated carbocycles. The second-order valence-corrected chi connectivity index (χ2v) is 8.32. The molecule has 5 rings (SSSR count). The van der Waals surface area contributed by atoms with Gasteiger partial charge >= 0.3 is 0 Å². The molecule has 5 N–H and O–H groups in total. The summed E-state index contributed by atoms with van der Waals surface area (Å²) in [5.41, 5.74) is 15.0. The molecule has 3 heterocycles. The van der Waals surface area contributed by atoms with Crippen LogP contribution in [0.3, 0.4) is 0 Å². The van der Waals surface area contributed by atoms with E-state index in [1.807, 2.05) is 41.2 Å². The van der Waals surface area contributed by atoms with E-state index in [0.717, 1.165) is 37.1 Å². The highest BCUT2D eigenvalue weighted by molar-refractivity contribution is 6.03. The van der Waals surface area contributed by atoms with Gasteiger partial charge in [0.2, 0.25) is 0 Å². The third kappa shape index (κ3) is 3.09. The molecule has 0 atom stereocenters. The van der Waals surface area contributed by atoms with Gasteiger partial charge in [-0.1, -0.05) is 30.3 Å².